The highest BCUT2D eigenvalue weighted by Gasteiger charge is 2.11. The Morgan fingerprint density at radius 3 is 2.62 bits per heavy atom. The predicted octanol–water partition coefficient (Wildman–Crippen LogP) is 3.96. The topological polar surface area (TPSA) is 94.8 Å². The van der Waals surface area contributed by atoms with E-state index in [9.17, 15) is 9.59 Å². The molecule has 0 radical (unpaired) electrons. The standard InChI is InChI=1S/C26H24N4O4/c1-17-14-21(18(2)30(17)22-11-9-20(10-12-22)26(32)33-3)15-28-29-24(31)16-34-23-8-4-6-19-7-5-13-27-25(19)23/h4-15H,16H2,1-3H3,(H,29,31)/b28-15+. The van der Waals surface area contributed by atoms with Crippen molar-refractivity contribution < 1.29 is 19.1 Å². The van der Waals surface area contributed by atoms with Crippen LogP contribution in [0.1, 0.15) is 27.3 Å². The molecule has 4 rings (SSSR count). The first kappa shape index (κ1) is 22.7. The third kappa shape index (κ3) is 4.80. The molecule has 2 aromatic heterocycles. The summed E-state index contributed by atoms with van der Waals surface area (Å²) >= 11 is 0. The zero-order chi connectivity index (χ0) is 24.1. The average molecular weight is 457 g/mol. The van der Waals surface area contributed by atoms with E-state index in [0.29, 0.717) is 16.8 Å². The second kappa shape index (κ2) is 9.99. The summed E-state index contributed by atoms with van der Waals surface area (Å²) in [5, 5.41) is 5.02. The van der Waals surface area contributed by atoms with E-state index in [1.54, 1.807) is 30.6 Å². The maximum absolute atomic E-state index is 12.2. The van der Waals surface area contributed by atoms with Crippen molar-refractivity contribution in [2.45, 2.75) is 13.8 Å². The zero-order valence-corrected chi connectivity index (χ0v) is 19.1. The fraction of sp³-hybridized carbons (Fsp3) is 0.154. The summed E-state index contributed by atoms with van der Waals surface area (Å²) in [5.41, 5.74) is 7.38. The van der Waals surface area contributed by atoms with Crippen LogP contribution in [0.5, 0.6) is 5.75 Å². The number of aryl methyl sites for hydroxylation is 1. The molecule has 0 aliphatic carbocycles. The lowest BCUT2D eigenvalue weighted by molar-refractivity contribution is -0.123. The van der Waals surface area contributed by atoms with Crippen molar-refractivity contribution in [1.82, 2.24) is 15.0 Å². The number of nitrogens with one attached hydrogen (secondary N) is 1. The van der Waals surface area contributed by atoms with E-state index in [4.69, 9.17) is 9.47 Å². The maximum atomic E-state index is 12.2. The molecular formula is C26H24N4O4. The number of methoxy groups -OCH3 is 1. The molecule has 0 fully saturated rings. The van der Waals surface area contributed by atoms with E-state index in [1.165, 1.54) is 7.11 Å². The minimum Gasteiger partial charge on any atom is -0.481 e. The van der Waals surface area contributed by atoms with Gasteiger partial charge in [-0.3, -0.25) is 9.78 Å². The van der Waals surface area contributed by atoms with Gasteiger partial charge in [0.1, 0.15) is 11.3 Å². The summed E-state index contributed by atoms with van der Waals surface area (Å²) in [6.45, 7) is 3.75. The second-order valence-electron chi connectivity index (χ2n) is 7.61. The summed E-state index contributed by atoms with van der Waals surface area (Å²) in [6.07, 6.45) is 3.28. The number of hydrogen-bond acceptors (Lipinski definition) is 6. The van der Waals surface area contributed by atoms with Gasteiger partial charge < -0.3 is 14.0 Å². The summed E-state index contributed by atoms with van der Waals surface area (Å²) < 4.78 is 12.4. The molecule has 34 heavy (non-hydrogen) atoms. The number of rotatable bonds is 7. The summed E-state index contributed by atoms with van der Waals surface area (Å²) in [5.74, 6) is -0.216. The van der Waals surface area contributed by atoms with Crippen LogP contribution < -0.4 is 10.2 Å². The number of pyridine rings is 1. The van der Waals surface area contributed by atoms with E-state index < -0.39 is 0 Å². The number of hydrazone groups is 1. The molecule has 0 bridgehead atoms. The van der Waals surface area contributed by atoms with Crippen molar-refractivity contribution in [3.63, 3.8) is 0 Å². The van der Waals surface area contributed by atoms with E-state index in [0.717, 1.165) is 28.0 Å². The van der Waals surface area contributed by atoms with Crippen LogP contribution in [0.4, 0.5) is 0 Å². The van der Waals surface area contributed by atoms with E-state index in [1.807, 2.05) is 60.9 Å². The Bertz CT molecular complexity index is 1370. The Morgan fingerprint density at radius 2 is 1.85 bits per heavy atom. The molecule has 0 saturated heterocycles. The van der Waals surface area contributed by atoms with Crippen LogP contribution in [0, 0.1) is 13.8 Å². The fourth-order valence-electron chi connectivity index (χ4n) is 3.72. The first-order chi connectivity index (χ1) is 16.5. The molecule has 2 aromatic carbocycles. The molecule has 1 amide bonds. The van der Waals surface area contributed by atoms with Gasteiger partial charge in [-0.1, -0.05) is 18.2 Å². The quantitative estimate of drug-likeness (QED) is 0.258. The number of carbonyl (C=O) groups is 2. The molecule has 0 aliphatic rings. The highest BCUT2D eigenvalue weighted by atomic mass is 16.5. The molecule has 8 heteroatoms. The Morgan fingerprint density at radius 1 is 1.09 bits per heavy atom. The van der Waals surface area contributed by atoms with Gasteiger partial charge in [-0.15, -0.1) is 0 Å². The molecule has 0 atom stereocenters. The SMILES string of the molecule is COC(=O)c1ccc(-n2c(C)cc(/C=N/NC(=O)COc3cccc4cccnc34)c2C)cc1. The van der Waals surface area contributed by atoms with Gasteiger partial charge in [0.25, 0.3) is 5.91 Å². The van der Waals surface area contributed by atoms with Gasteiger partial charge in [0.05, 0.1) is 18.9 Å². The lowest BCUT2D eigenvalue weighted by Gasteiger charge is -2.10. The minimum absolute atomic E-state index is 0.182. The summed E-state index contributed by atoms with van der Waals surface area (Å²) in [7, 11) is 1.36. The average Bonchev–Trinajstić information content (AvgIpc) is 3.14. The van der Waals surface area contributed by atoms with Crippen LogP contribution in [-0.4, -0.2) is 41.4 Å². The van der Waals surface area contributed by atoms with Crippen LogP contribution in [0.3, 0.4) is 0 Å². The minimum atomic E-state index is -0.378. The van der Waals surface area contributed by atoms with Crippen LogP contribution in [-0.2, 0) is 9.53 Å². The molecular weight excluding hydrogens is 432 g/mol. The third-order valence-electron chi connectivity index (χ3n) is 5.36. The Hall–Kier alpha value is -4.46. The molecule has 172 valence electrons. The molecule has 1 N–H and O–H groups in total. The Labute approximate surface area is 196 Å². The molecule has 0 saturated carbocycles. The third-order valence-corrected chi connectivity index (χ3v) is 5.36. The highest BCUT2D eigenvalue weighted by molar-refractivity contribution is 5.89. The zero-order valence-electron chi connectivity index (χ0n) is 19.1. The number of nitrogens with zero attached hydrogens (tertiary/aromatic N) is 3. The molecule has 0 spiro atoms. The van der Waals surface area contributed by atoms with Gasteiger partial charge >= 0.3 is 5.97 Å². The normalized spacial score (nSPS) is 11.0. The van der Waals surface area contributed by atoms with E-state index in [2.05, 4.69) is 15.5 Å². The number of benzene rings is 2. The number of esters is 1. The number of carbonyl (C=O) groups excluding carboxylic acids is 2. The first-order valence-corrected chi connectivity index (χ1v) is 10.6. The first-order valence-electron chi connectivity index (χ1n) is 10.6. The molecule has 4 aromatic rings. The van der Waals surface area contributed by atoms with Crippen LogP contribution in [0.15, 0.2) is 72.0 Å². The van der Waals surface area contributed by atoms with Gasteiger partial charge in [0, 0.05) is 34.2 Å². The monoisotopic (exact) mass is 456 g/mol. The van der Waals surface area contributed by atoms with E-state index in [-0.39, 0.29) is 18.5 Å². The number of hydrogen-bond donors (Lipinski definition) is 1. The number of ether oxygens (including phenoxy) is 2. The van der Waals surface area contributed by atoms with Crippen LogP contribution >= 0.6 is 0 Å². The maximum Gasteiger partial charge on any atom is 0.337 e. The number of amides is 1. The van der Waals surface area contributed by atoms with Crippen molar-refractivity contribution in [3.05, 3.63) is 89.4 Å². The number of para-hydroxylation sites is 1. The lowest BCUT2D eigenvalue weighted by Crippen LogP contribution is -2.24. The van der Waals surface area contributed by atoms with Gasteiger partial charge in [-0.05, 0) is 56.3 Å². The summed E-state index contributed by atoms with van der Waals surface area (Å²) in [4.78, 5) is 28.2. The second-order valence-corrected chi connectivity index (χ2v) is 7.61. The smallest absolute Gasteiger partial charge is 0.337 e. The van der Waals surface area contributed by atoms with Crippen LogP contribution in [0.25, 0.3) is 16.6 Å². The Balaban J connectivity index is 1.40. The van der Waals surface area contributed by atoms with Gasteiger partial charge in [-0.25, -0.2) is 10.2 Å². The van der Waals surface area contributed by atoms with Crippen molar-refractivity contribution in [2.24, 2.45) is 5.10 Å². The van der Waals surface area contributed by atoms with Gasteiger partial charge in [0.15, 0.2) is 6.61 Å². The van der Waals surface area contributed by atoms with E-state index >= 15 is 0 Å². The molecule has 8 nitrogen and oxygen atoms in total. The largest absolute Gasteiger partial charge is 0.481 e. The fourth-order valence-corrected chi connectivity index (χ4v) is 3.72. The van der Waals surface area contributed by atoms with Crippen molar-refractivity contribution >= 4 is 29.0 Å². The molecule has 0 aliphatic heterocycles. The highest BCUT2D eigenvalue weighted by Crippen LogP contribution is 2.23. The number of aromatic nitrogens is 2. The van der Waals surface area contributed by atoms with Crippen molar-refractivity contribution in [1.29, 1.82) is 0 Å². The van der Waals surface area contributed by atoms with Crippen molar-refractivity contribution in [3.8, 4) is 11.4 Å². The van der Waals surface area contributed by atoms with Crippen molar-refractivity contribution in [2.75, 3.05) is 13.7 Å². The number of fused-ring (bicyclic) bond motifs is 1. The van der Waals surface area contributed by atoms with Crippen LogP contribution in [0.2, 0.25) is 0 Å². The predicted molar refractivity (Wildman–Crippen MR) is 130 cm³/mol. The van der Waals surface area contributed by atoms with Gasteiger partial charge in [0.2, 0.25) is 0 Å². The lowest BCUT2D eigenvalue weighted by atomic mass is 10.2. The van der Waals surface area contributed by atoms with Gasteiger partial charge in [-0.2, -0.15) is 5.10 Å². The Kier molecular flexibility index (Phi) is 6.68. The summed E-state index contributed by atoms with van der Waals surface area (Å²) in [6, 6.07) is 18.5. The molecule has 0 unspecified atom stereocenters. The molecule has 2 heterocycles.